The summed E-state index contributed by atoms with van der Waals surface area (Å²) in [6, 6.07) is 9.20. The molecule has 6 nitrogen and oxygen atoms in total. The van der Waals surface area contributed by atoms with Gasteiger partial charge in [-0.25, -0.2) is 4.39 Å². The normalized spacial score (nSPS) is 12.4. The van der Waals surface area contributed by atoms with E-state index in [4.69, 9.17) is 9.26 Å². The molecule has 2 aromatic carbocycles. The second kappa shape index (κ2) is 9.17. The Bertz CT molecular complexity index is 1010. The lowest BCUT2D eigenvalue weighted by atomic mass is 10.1. The van der Waals surface area contributed by atoms with Crippen LogP contribution in [0.25, 0.3) is 11.4 Å². The molecular weight excluding hydrogens is 399 g/mol. The summed E-state index contributed by atoms with van der Waals surface area (Å²) in [5, 5.41) is 3.98. The van der Waals surface area contributed by atoms with Crippen LogP contribution in [-0.4, -0.2) is 35.8 Å². The Hall–Kier alpha value is -3.07. The fourth-order valence-electron chi connectivity index (χ4n) is 2.93. The first-order chi connectivity index (χ1) is 14.3. The van der Waals surface area contributed by atoms with Crippen molar-refractivity contribution >= 4 is 0 Å². The molecule has 1 unspecified atom stereocenters. The number of hydrogen-bond acceptors (Lipinski definition) is 6. The number of nitrogens with zero attached hydrogens (tertiary/aromatic N) is 3. The van der Waals surface area contributed by atoms with Gasteiger partial charge in [0, 0.05) is 12.1 Å². The number of benzene rings is 2. The van der Waals surface area contributed by atoms with Crippen LogP contribution in [0.2, 0.25) is 0 Å². The molecule has 0 aliphatic carbocycles. The predicted octanol–water partition coefficient (Wildman–Crippen LogP) is 4.99. The van der Waals surface area contributed by atoms with Gasteiger partial charge in [0.05, 0.1) is 13.2 Å². The molecule has 0 saturated carbocycles. The summed E-state index contributed by atoms with van der Waals surface area (Å²) in [5.41, 5.74) is 1.89. The monoisotopic (exact) mass is 421 g/mol. The van der Waals surface area contributed by atoms with Crippen LogP contribution in [0.4, 0.5) is 13.2 Å². The van der Waals surface area contributed by atoms with E-state index in [1.807, 2.05) is 18.9 Å². The SMILES string of the molecule is COc1ccc(CN(C)C(C)c2nc(-c3ccc(F)c(C)c3)no2)cc1OC(F)F. The van der Waals surface area contributed by atoms with Crippen LogP contribution in [0.3, 0.4) is 0 Å². The van der Waals surface area contributed by atoms with Crippen LogP contribution < -0.4 is 9.47 Å². The van der Waals surface area contributed by atoms with E-state index in [0.29, 0.717) is 29.4 Å². The van der Waals surface area contributed by atoms with Gasteiger partial charge in [-0.3, -0.25) is 4.90 Å². The number of aromatic nitrogens is 2. The van der Waals surface area contributed by atoms with Gasteiger partial charge in [-0.05, 0) is 62.4 Å². The molecule has 1 heterocycles. The molecule has 9 heteroatoms. The summed E-state index contributed by atoms with van der Waals surface area (Å²) in [5.74, 6) is 0.645. The van der Waals surface area contributed by atoms with Crippen molar-refractivity contribution in [3.8, 4) is 22.9 Å². The maximum atomic E-state index is 13.5. The molecular formula is C21H22F3N3O3. The molecule has 1 aromatic heterocycles. The molecule has 3 rings (SSSR count). The molecule has 1 atom stereocenters. The van der Waals surface area contributed by atoms with Gasteiger partial charge in [-0.15, -0.1) is 0 Å². The lowest BCUT2D eigenvalue weighted by Gasteiger charge is -2.22. The summed E-state index contributed by atoms with van der Waals surface area (Å²) < 4.78 is 53.7. The van der Waals surface area contributed by atoms with Crippen molar-refractivity contribution in [3.05, 3.63) is 59.2 Å². The highest BCUT2D eigenvalue weighted by Crippen LogP contribution is 2.31. The Labute approximate surface area is 172 Å². The van der Waals surface area contributed by atoms with E-state index in [0.717, 1.165) is 5.56 Å². The molecule has 0 bridgehead atoms. The number of aryl methyl sites for hydroxylation is 1. The van der Waals surface area contributed by atoms with Gasteiger partial charge in [0.15, 0.2) is 11.5 Å². The van der Waals surface area contributed by atoms with E-state index in [1.54, 1.807) is 31.2 Å². The smallest absolute Gasteiger partial charge is 0.387 e. The summed E-state index contributed by atoms with van der Waals surface area (Å²) in [6.07, 6.45) is 0. The van der Waals surface area contributed by atoms with Gasteiger partial charge in [-0.1, -0.05) is 11.2 Å². The molecule has 0 N–H and O–H groups in total. The van der Waals surface area contributed by atoms with E-state index in [1.165, 1.54) is 19.2 Å². The Morgan fingerprint density at radius 1 is 1.13 bits per heavy atom. The minimum absolute atomic E-state index is 0.0298. The summed E-state index contributed by atoms with van der Waals surface area (Å²) >= 11 is 0. The number of halogens is 3. The third-order valence-electron chi connectivity index (χ3n) is 4.75. The molecule has 0 saturated heterocycles. The van der Waals surface area contributed by atoms with Crippen molar-refractivity contribution in [3.63, 3.8) is 0 Å². The highest BCUT2D eigenvalue weighted by Gasteiger charge is 2.21. The first-order valence-corrected chi connectivity index (χ1v) is 9.20. The number of alkyl halides is 2. The molecule has 0 aliphatic rings. The molecule has 0 aliphatic heterocycles. The van der Waals surface area contributed by atoms with Crippen molar-refractivity contribution in [2.24, 2.45) is 0 Å². The molecule has 0 amide bonds. The van der Waals surface area contributed by atoms with Crippen LogP contribution in [-0.2, 0) is 6.54 Å². The zero-order chi connectivity index (χ0) is 21.8. The van der Waals surface area contributed by atoms with Gasteiger partial charge >= 0.3 is 6.61 Å². The Morgan fingerprint density at radius 2 is 1.90 bits per heavy atom. The Balaban J connectivity index is 1.74. The Morgan fingerprint density at radius 3 is 2.57 bits per heavy atom. The van der Waals surface area contributed by atoms with Crippen LogP contribution in [0.15, 0.2) is 40.9 Å². The van der Waals surface area contributed by atoms with E-state index < -0.39 is 6.61 Å². The Kier molecular flexibility index (Phi) is 6.61. The van der Waals surface area contributed by atoms with Gasteiger partial charge in [0.25, 0.3) is 0 Å². The summed E-state index contributed by atoms with van der Waals surface area (Å²) in [7, 11) is 3.23. The fraction of sp³-hybridized carbons (Fsp3) is 0.333. The van der Waals surface area contributed by atoms with E-state index in [9.17, 15) is 13.2 Å². The van der Waals surface area contributed by atoms with Gasteiger partial charge in [-0.2, -0.15) is 13.8 Å². The zero-order valence-electron chi connectivity index (χ0n) is 17.0. The first-order valence-electron chi connectivity index (χ1n) is 9.20. The molecule has 3 aromatic rings. The average Bonchev–Trinajstić information content (AvgIpc) is 3.19. The number of ether oxygens (including phenoxy) is 2. The van der Waals surface area contributed by atoms with E-state index in [-0.39, 0.29) is 23.4 Å². The molecule has 30 heavy (non-hydrogen) atoms. The van der Waals surface area contributed by atoms with Gasteiger partial charge in [0.2, 0.25) is 11.7 Å². The molecule has 0 radical (unpaired) electrons. The lowest BCUT2D eigenvalue weighted by Crippen LogP contribution is -2.22. The zero-order valence-corrected chi connectivity index (χ0v) is 17.0. The second-order valence-corrected chi connectivity index (χ2v) is 6.87. The van der Waals surface area contributed by atoms with Crippen LogP contribution in [0.5, 0.6) is 11.5 Å². The fourth-order valence-corrected chi connectivity index (χ4v) is 2.93. The van der Waals surface area contributed by atoms with Crippen molar-refractivity contribution in [2.75, 3.05) is 14.2 Å². The molecule has 0 fully saturated rings. The van der Waals surface area contributed by atoms with Crippen molar-refractivity contribution in [1.82, 2.24) is 15.0 Å². The van der Waals surface area contributed by atoms with E-state index >= 15 is 0 Å². The van der Waals surface area contributed by atoms with E-state index in [2.05, 4.69) is 14.9 Å². The topological polar surface area (TPSA) is 60.6 Å². The minimum atomic E-state index is -2.95. The highest BCUT2D eigenvalue weighted by molar-refractivity contribution is 5.55. The third kappa shape index (κ3) is 4.91. The summed E-state index contributed by atoms with van der Waals surface area (Å²) in [6.45, 7) is 1.01. The van der Waals surface area contributed by atoms with Crippen molar-refractivity contribution in [1.29, 1.82) is 0 Å². The van der Waals surface area contributed by atoms with Crippen LogP contribution in [0.1, 0.15) is 30.0 Å². The molecule has 0 spiro atoms. The maximum absolute atomic E-state index is 13.5. The number of hydrogen-bond donors (Lipinski definition) is 0. The van der Waals surface area contributed by atoms with Crippen LogP contribution in [0, 0.1) is 12.7 Å². The first kappa shape index (κ1) is 21.6. The predicted molar refractivity (Wildman–Crippen MR) is 104 cm³/mol. The molecule has 160 valence electrons. The largest absolute Gasteiger partial charge is 0.493 e. The van der Waals surface area contributed by atoms with Crippen molar-refractivity contribution in [2.45, 2.75) is 33.0 Å². The summed E-state index contributed by atoms with van der Waals surface area (Å²) in [4.78, 5) is 6.33. The lowest BCUT2D eigenvalue weighted by molar-refractivity contribution is -0.0512. The number of rotatable bonds is 8. The van der Waals surface area contributed by atoms with Gasteiger partial charge < -0.3 is 14.0 Å². The minimum Gasteiger partial charge on any atom is -0.493 e. The second-order valence-electron chi connectivity index (χ2n) is 6.87. The van der Waals surface area contributed by atoms with Crippen LogP contribution >= 0.6 is 0 Å². The average molecular weight is 421 g/mol. The quantitative estimate of drug-likeness (QED) is 0.511. The standard InChI is InChI=1S/C21H22F3N3O3/c1-12-9-15(6-7-16(12)22)19-25-20(30-26-19)13(2)27(3)11-14-5-8-17(28-4)18(10-14)29-21(23)24/h5-10,13,21H,11H2,1-4H3. The number of methoxy groups -OCH3 is 1. The highest BCUT2D eigenvalue weighted by atomic mass is 19.3. The third-order valence-corrected chi connectivity index (χ3v) is 4.75. The van der Waals surface area contributed by atoms with Gasteiger partial charge in [0.1, 0.15) is 5.82 Å². The maximum Gasteiger partial charge on any atom is 0.387 e. The van der Waals surface area contributed by atoms with Crippen molar-refractivity contribution < 1.29 is 27.2 Å².